The molecule has 2 atom stereocenters. The van der Waals surface area contributed by atoms with Crippen molar-refractivity contribution < 1.29 is 13.9 Å². The molecule has 5 nitrogen and oxygen atoms in total. The summed E-state index contributed by atoms with van der Waals surface area (Å²) in [6, 6.07) is 4.77. The van der Waals surface area contributed by atoms with E-state index in [1.807, 2.05) is 4.90 Å². The number of nitrogens with zero attached hydrogens (tertiary/aromatic N) is 2. The van der Waals surface area contributed by atoms with E-state index in [2.05, 4.69) is 4.90 Å². The van der Waals surface area contributed by atoms with Gasteiger partial charge in [-0.05, 0) is 37.5 Å². The maximum absolute atomic E-state index is 13.5. The van der Waals surface area contributed by atoms with E-state index in [-0.39, 0.29) is 23.7 Å². The van der Waals surface area contributed by atoms with Crippen molar-refractivity contribution in [1.29, 1.82) is 0 Å². The third-order valence-electron chi connectivity index (χ3n) is 5.14. The maximum Gasteiger partial charge on any atom is 0.225 e. The van der Waals surface area contributed by atoms with Crippen molar-refractivity contribution in [3.05, 3.63) is 29.6 Å². The quantitative estimate of drug-likeness (QED) is 0.908. The van der Waals surface area contributed by atoms with Gasteiger partial charge in [-0.1, -0.05) is 0 Å². The van der Waals surface area contributed by atoms with E-state index in [4.69, 9.17) is 10.5 Å². The average molecular weight is 335 g/mol. The summed E-state index contributed by atoms with van der Waals surface area (Å²) in [6.45, 7) is 3.68. The van der Waals surface area contributed by atoms with Gasteiger partial charge in [-0.2, -0.15) is 0 Å². The first-order valence-electron chi connectivity index (χ1n) is 8.66. The molecular weight excluding hydrogens is 309 g/mol. The number of hydrogen-bond acceptors (Lipinski definition) is 4. The van der Waals surface area contributed by atoms with Gasteiger partial charge in [-0.3, -0.25) is 9.69 Å². The van der Waals surface area contributed by atoms with Gasteiger partial charge in [0.25, 0.3) is 0 Å². The zero-order valence-corrected chi connectivity index (χ0v) is 14.2. The highest BCUT2D eigenvalue weighted by molar-refractivity contribution is 5.79. The minimum atomic E-state index is -0.253. The standard InChI is InChI=1S/C18H26FN3O2/c1-24-17-5-3-15(19)10-14(17)12-21-6-8-22(9-7-21)18(23)13-2-4-16(20)11-13/h3,5,10,13,16H,2,4,6-9,11-12,20H2,1H3. The lowest BCUT2D eigenvalue weighted by atomic mass is 10.1. The summed E-state index contributed by atoms with van der Waals surface area (Å²) < 4.78 is 18.8. The van der Waals surface area contributed by atoms with Crippen molar-refractivity contribution in [3.8, 4) is 5.75 Å². The number of rotatable bonds is 4. The van der Waals surface area contributed by atoms with Crippen LogP contribution in [-0.2, 0) is 11.3 Å². The molecule has 1 aromatic carbocycles. The molecule has 1 heterocycles. The van der Waals surface area contributed by atoms with Crippen LogP contribution >= 0.6 is 0 Å². The van der Waals surface area contributed by atoms with E-state index < -0.39 is 0 Å². The zero-order chi connectivity index (χ0) is 17.1. The van der Waals surface area contributed by atoms with Crippen molar-refractivity contribution in [2.45, 2.75) is 31.8 Å². The van der Waals surface area contributed by atoms with E-state index in [0.29, 0.717) is 12.3 Å². The smallest absolute Gasteiger partial charge is 0.225 e. The van der Waals surface area contributed by atoms with Crippen molar-refractivity contribution in [2.75, 3.05) is 33.3 Å². The summed E-state index contributed by atoms with van der Waals surface area (Å²) in [7, 11) is 1.60. The van der Waals surface area contributed by atoms with Gasteiger partial charge in [0.2, 0.25) is 5.91 Å². The Morgan fingerprint density at radius 1 is 1.29 bits per heavy atom. The number of halogens is 1. The van der Waals surface area contributed by atoms with Gasteiger partial charge >= 0.3 is 0 Å². The molecule has 0 aromatic heterocycles. The molecule has 6 heteroatoms. The van der Waals surface area contributed by atoms with Gasteiger partial charge in [0.1, 0.15) is 11.6 Å². The number of amides is 1. The first-order chi connectivity index (χ1) is 11.6. The Labute approximate surface area is 142 Å². The molecule has 2 N–H and O–H groups in total. The van der Waals surface area contributed by atoms with E-state index in [9.17, 15) is 9.18 Å². The van der Waals surface area contributed by atoms with Crippen LogP contribution in [0.5, 0.6) is 5.75 Å². The molecule has 0 spiro atoms. The Kier molecular flexibility index (Phi) is 5.36. The first kappa shape index (κ1) is 17.2. The van der Waals surface area contributed by atoms with Gasteiger partial charge < -0.3 is 15.4 Å². The van der Waals surface area contributed by atoms with E-state index in [1.54, 1.807) is 13.2 Å². The van der Waals surface area contributed by atoms with Crippen LogP contribution in [0.4, 0.5) is 4.39 Å². The summed E-state index contributed by atoms with van der Waals surface area (Å²) in [4.78, 5) is 16.7. The third-order valence-corrected chi connectivity index (χ3v) is 5.14. The fourth-order valence-corrected chi connectivity index (χ4v) is 3.74. The fraction of sp³-hybridized carbons (Fsp3) is 0.611. The highest BCUT2D eigenvalue weighted by Gasteiger charge is 2.32. The Bertz CT molecular complexity index is 588. The molecule has 2 fully saturated rings. The average Bonchev–Trinajstić information content (AvgIpc) is 3.02. The number of methoxy groups -OCH3 is 1. The van der Waals surface area contributed by atoms with Gasteiger partial charge in [-0.25, -0.2) is 4.39 Å². The van der Waals surface area contributed by atoms with E-state index >= 15 is 0 Å². The van der Waals surface area contributed by atoms with Crippen LogP contribution in [0.1, 0.15) is 24.8 Å². The monoisotopic (exact) mass is 335 g/mol. The molecule has 3 rings (SSSR count). The van der Waals surface area contributed by atoms with Crippen LogP contribution in [0.25, 0.3) is 0 Å². The Balaban J connectivity index is 1.54. The Morgan fingerprint density at radius 3 is 2.67 bits per heavy atom. The molecule has 1 aliphatic heterocycles. The summed E-state index contributed by atoms with van der Waals surface area (Å²) in [5.41, 5.74) is 6.76. The lowest BCUT2D eigenvalue weighted by Gasteiger charge is -2.36. The zero-order valence-electron chi connectivity index (χ0n) is 14.2. The molecule has 24 heavy (non-hydrogen) atoms. The minimum Gasteiger partial charge on any atom is -0.496 e. The number of nitrogens with two attached hydrogens (primary N) is 1. The Morgan fingerprint density at radius 2 is 2.04 bits per heavy atom. The SMILES string of the molecule is COc1ccc(F)cc1CN1CCN(C(=O)C2CCC(N)C2)CC1. The first-order valence-corrected chi connectivity index (χ1v) is 8.66. The van der Waals surface area contributed by atoms with E-state index in [1.165, 1.54) is 12.1 Å². The maximum atomic E-state index is 13.5. The number of hydrogen-bond donors (Lipinski definition) is 1. The lowest BCUT2D eigenvalue weighted by Crippen LogP contribution is -2.49. The van der Waals surface area contributed by atoms with E-state index in [0.717, 1.165) is 51.0 Å². The van der Waals surface area contributed by atoms with Crippen molar-refractivity contribution in [1.82, 2.24) is 9.80 Å². The highest BCUT2D eigenvalue weighted by Crippen LogP contribution is 2.27. The van der Waals surface area contributed by atoms with Crippen LogP contribution in [0.2, 0.25) is 0 Å². The molecule has 2 unspecified atom stereocenters. The van der Waals surface area contributed by atoms with Crippen molar-refractivity contribution in [3.63, 3.8) is 0 Å². The largest absolute Gasteiger partial charge is 0.496 e. The number of benzene rings is 1. The second-order valence-electron chi connectivity index (χ2n) is 6.83. The molecule has 2 aliphatic rings. The second kappa shape index (κ2) is 7.49. The molecule has 1 saturated carbocycles. The summed E-state index contributed by atoms with van der Waals surface area (Å²) in [5.74, 6) is 0.813. The summed E-state index contributed by atoms with van der Waals surface area (Å²) >= 11 is 0. The van der Waals surface area contributed by atoms with Crippen molar-refractivity contribution >= 4 is 5.91 Å². The topological polar surface area (TPSA) is 58.8 Å². The summed E-state index contributed by atoms with van der Waals surface area (Å²) in [6.07, 6.45) is 2.69. The third kappa shape index (κ3) is 3.87. The van der Waals surface area contributed by atoms with Gasteiger partial charge in [0, 0.05) is 50.2 Å². The second-order valence-corrected chi connectivity index (χ2v) is 6.83. The minimum absolute atomic E-state index is 0.106. The number of piperazine rings is 1. The molecule has 1 aliphatic carbocycles. The summed E-state index contributed by atoms with van der Waals surface area (Å²) in [5, 5.41) is 0. The van der Waals surface area contributed by atoms with Crippen molar-refractivity contribution in [2.24, 2.45) is 11.7 Å². The molecule has 1 saturated heterocycles. The predicted molar refractivity (Wildman–Crippen MR) is 90.1 cm³/mol. The molecular formula is C18H26FN3O2. The normalized spacial score (nSPS) is 25.0. The lowest BCUT2D eigenvalue weighted by molar-refractivity contribution is -0.137. The number of carbonyl (C=O) groups excluding carboxylic acids is 1. The molecule has 1 amide bonds. The van der Waals surface area contributed by atoms with Gasteiger partial charge in [0.05, 0.1) is 7.11 Å². The predicted octanol–water partition coefficient (Wildman–Crippen LogP) is 1.61. The number of carbonyl (C=O) groups is 1. The fourth-order valence-electron chi connectivity index (χ4n) is 3.74. The van der Waals surface area contributed by atoms with Crippen LogP contribution in [0.3, 0.4) is 0 Å². The molecule has 132 valence electrons. The highest BCUT2D eigenvalue weighted by atomic mass is 19.1. The van der Waals surface area contributed by atoms with Crippen LogP contribution in [0, 0.1) is 11.7 Å². The van der Waals surface area contributed by atoms with Gasteiger partial charge in [-0.15, -0.1) is 0 Å². The van der Waals surface area contributed by atoms with Crippen LogP contribution in [-0.4, -0.2) is 55.0 Å². The molecule has 0 bridgehead atoms. The molecule has 1 aromatic rings. The van der Waals surface area contributed by atoms with Crippen LogP contribution in [0.15, 0.2) is 18.2 Å². The van der Waals surface area contributed by atoms with Gasteiger partial charge in [0.15, 0.2) is 0 Å². The Hall–Kier alpha value is -1.66. The molecule has 0 radical (unpaired) electrons. The number of ether oxygens (including phenoxy) is 1. The van der Waals surface area contributed by atoms with Crippen LogP contribution < -0.4 is 10.5 Å².